The molecule has 0 saturated heterocycles. The standard InChI is InChI=1S/C11H10ClNS/c1-2-10-11(14-7-13-10)8-3-5-9(12)6-4-8/h3-7H,2H2,1H3. The van der Waals surface area contributed by atoms with E-state index in [1.807, 2.05) is 29.8 Å². The summed E-state index contributed by atoms with van der Waals surface area (Å²) < 4.78 is 0. The minimum Gasteiger partial charge on any atom is -0.249 e. The molecule has 0 bridgehead atoms. The zero-order chi connectivity index (χ0) is 9.97. The van der Waals surface area contributed by atoms with Crippen molar-refractivity contribution in [2.45, 2.75) is 13.3 Å². The Morgan fingerprint density at radius 1 is 1.29 bits per heavy atom. The van der Waals surface area contributed by atoms with Crippen molar-refractivity contribution in [3.63, 3.8) is 0 Å². The molecule has 0 aliphatic heterocycles. The Labute approximate surface area is 92.4 Å². The fraction of sp³-hybridized carbons (Fsp3) is 0.182. The van der Waals surface area contributed by atoms with Crippen LogP contribution < -0.4 is 0 Å². The Bertz CT molecular complexity index is 419. The lowest BCUT2D eigenvalue weighted by atomic mass is 10.1. The second-order valence-corrected chi connectivity index (χ2v) is 4.28. The van der Waals surface area contributed by atoms with E-state index in [0.717, 1.165) is 17.1 Å². The van der Waals surface area contributed by atoms with E-state index >= 15 is 0 Å². The van der Waals surface area contributed by atoms with Gasteiger partial charge >= 0.3 is 0 Å². The molecule has 0 radical (unpaired) electrons. The van der Waals surface area contributed by atoms with Crippen LogP contribution >= 0.6 is 22.9 Å². The van der Waals surface area contributed by atoms with Crippen molar-refractivity contribution >= 4 is 22.9 Å². The quantitative estimate of drug-likeness (QED) is 0.749. The summed E-state index contributed by atoms with van der Waals surface area (Å²) in [6.07, 6.45) is 0.974. The van der Waals surface area contributed by atoms with Gasteiger partial charge in [0.1, 0.15) is 0 Å². The Balaban J connectivity index is 2.44. The molecule has 1 heterocycles. The number of nitrogens with zero attached hydrogens (tertiary/aromatic N) is 1. The van der Waals surface area contributed by atoms with Gasteiger partial charge in [0, 0.05) is 5.02 Å². The molecule has 0 amide bonds. The van der Waals surface area contributed by atoms with Gasteiger partial charge in [-0.3, -0.25) is 0 Å². The van der Waals surface area contributed by atoms with Gasteiger partial charge < -0.3 is 0 Å². The van der Waals surface area contributed by atoms with Crippen LogP contribution in [-0.4, -0.2) is 4.98 Å². The zero-order valence-corrected chi connectivity index (χ0v) is 9.40. The van der Waals surface area contributed by atoms with Crippen LogP contribution in [-0.2, 0) is 6.42 Å². The molecule has 14 heavy (non-hydrogen) atoms. The third-order valence-electron chi connectivity index (χ3n) is 2.08. The van der Waals surface area contributed by atoms with E-state index in [1.165, 1.54) is 10.4 Å². The van der Waals surface area contributed by atoms with E-state index in [4.69, 9.17) is 11.6 Å². The summed E-state index contributed by atoms with van der Waals surface area (Å²) in [6.45, 7) is 2.12. The van der Waals surface area contributed by atoms with Crippen LogP contribution in [0.4, 0.5) is 0 Å². The second kappa shape index (κ2) is 4.11. The smallest absolute Gasteiger partial charge is 0.0801 e. The van der Waals surface area contributed by atoms with E-state index in [0.29, 0.717) is 0 Å². The molecule has 72 valence electrons. The van der Waals surface area contributed by atoms with Gasteiger partial charge in [-0.2, -0.15) is 0 Å². The Hall–Kier alpha value is -0.860. The van der Waals surface area contributed by atoms with Gasteiger partial charge in [0.05, 0.1) is 16.1 Å². The third-order valence-corrected chi connectivity index (χ3v) is 3.25. The fourth-order valence-corrected chi connectivity index (χ4v) is 2.37. The van der Waals surface area contributed by atoms with Crippen molar-refractivity contribution in [3.8, 4) is 10.4 Å². The number of hydrogen-bond donors (Lipinski definition) is 0. The average molecular weight is 224 g/mol. The van der Waals surface area contributed by atoms with Gasteiger partial charge in [0.2, 0.25) is 0 Å². The normalized spacial score (nSPS) is 10.4. The lowest BCUT2D eigenvalue weighted by Gasteiger charge is -1.99. The topological polar surface area (TPSA) is 12.9 Å². The Kier molecular flexibility index (Phi) is 2.85. The number of aryl methyl sites for hydroxylation is 1. The molecular weight excluding hydrogens is 214 g/mol. The predicted octanol–water partition coefficient (Wildman–Crippen LogP) is 4.03. The highest BCUT2D eigenvalue weighted by Gasteiger charge is 2.05. The first kappa shape index (κ1) is 9.69. The van der Waals surface area contributed by atoms with Crippen molar-refractivity contribution in [3.05, 3.63) is 40.5 Å². The number of rotatable bonds is 2. The maximum absolute atomic E-state index is 5.83. The van der Waals surface area contributed by atoms with Gasteiger partial charge in [0.25, 0.3) is 0 Å². The summed E-state index contributed by atoms with van der Waals surface area (Å²) in [5.41, 5.74) is 4.26. The van der Waals surface area contributed by atoms with E-state index in [9.17, 15) is 0 Å². The molecule has 0 atom stereocenters. The summed E-state index contributed by atoms with van der Waals surface area (Å²) in [4.78, 5) is 5.57. The van der Waals surface area contributed by atoms with Gasteiger partial charge in [-0.25, -0.2) is 4.98 Å². The number of benzene rings is 1. The van der Waals surface area contributed by atoms with E-state index in [-0.39, 0.29) is 0 Å². The molecule has 0 aliphatic rings. The first-order valence-corrected chi connectivity index (χ1v) is 5.75. The summed E-state index contributed by atoms with van der Waals surface area (Å²) in [6, 6.07) is 7.90. The lowest BCUT2D eigenvalue weighted by Crippen LogP contribution is -1.83. The predicted molar refractivity (Wildman–Crippen MR) is 61.9 cm³/mol. The van der Waals surface area contributed by atoms with Gasteiger partial charge in [0.15, 0.2) is 0 Å². The van der Waals surface area contributed by atoms with Crippen LogP contribution in [0.15, 0.2) is 29.8 Å². The summed E-state index contributed by atoms with van der Waals surface area (Å²) in [7, 11) is 0. The largest absolute Gasteiger partial charge is 0.249 e. The first-order chi connectivity index (χ1) is 6.81. The minimum absolute atomic E-state index is 0.774. The maximum Gasteiger partial charge on any atom is 0.0801 e. The maximum atomic E-state index is 5.83. The molecule has 2 rings (SSSR count). The molecule has 1 aromatic heterocycles. The summed E-state index contributed by atoms with van der Waals surface area (Å²) >= 11 is 7.51. The molecule has 1 nitrogen and oxygen atoms in total. The molecule has 0 aliphatic carbocycles. The number of halogens is 1. The van der Waals surface area contributed by atoms with Crippen LogP contribution in [0.5, 0.6) is 0 Å². The van der Waals surface area contributed by atoms with E-state index < -0.39 is 0 Å². The average Bonchev–Trinajstić information content (AvgIpc) is 2.67. The van der Waals surface area contributed by atoms with Crippen molar-refractivity contribution in [1.29, 1.82) is 0 Å². The van der Waals surface area contributed by atoms with Crippen molar-refractivity contribution < 1.29 is 0 Å². The Morgan fingerprint density at radius 2 is 2.00 bits per heavy atom. The molecule has 3 heteroatoms. The summed E-state index contributed by atoms with van der Waals surface area (Å²) in [5, 5.41) is 0.774. The second-order valence-electron chi connectivity index (χ2n) is 2.99. The molecule has 0 spiro atoms. The molecule has 2 aromatic rings. The third kappa shape index (κ3) is 1.81. The van der Waals surface area contributed by atoms with Crippen LogP contribution in [0, 0.1) is 0 Å². The highest BCUT2D eigenvalue weighted by atomic mass is 35.5. The van der Waals surface area contributed by atoms with Crippen LogP contribution in [0.2, 0.25) is 5.02 Å². The van der Waals surface area contributed by atoms with Gasteiger partial charge in [-0.15, -0.1) is 11.3 Å². The Morgan fingerprint density at radius 3 is 2.64 bits per heavy atom. The number of hydrogen-bond acceptors (Lipinski definition) is 2. The highest BCUT2D eigenvalue weighted by Crippen LogP contribution is 2.28. The van der Waals surface area contributed by atoms with Gasteiger partial charge in [-0.1, -0.05) is 30.7 Å². The molecule has 0 unspecified atom stereocenters. The molecule has 0 fully saturated rings. The van der Waals surface area contributed by atoms with Crippen LogP contribution in [0.1, 0.15) is 12.6 Å². The monoisotopic (exact) mass is 223 g/mol. The molecule has 0 saturated carbocycles. The van der Waals surface area contributed by atoms with Crippen molar-refractivity contribution in [2.24, 2.45) is 0 Å². The van der Waals surface area contributed by atoms with Crippen LogP contribution in [0.25, 0.3) is 10.4 Å². The van der Waals surface area contributed by atoms with E-state index in [2.05, 4.69) is 11.9 Å². The lowest BCUT2D eigenvalue weighted by molar-refractivity contribution is 1.07. The van der Waals surface area contributed by atoms with Crippen molar-refractivity contribution in [2.75, 3.05) is 0 Å². The summed E-state index contributed by atoms with van der Waals surface area (Å²) in [5.74, 6) is 0. The minimum atomic E-state index is 0.774. The first-order valence-electron chi connectivity index (χ1n) is 4.49. The molecular formula is C11H10ClNS. The van der Waals surface area contributed by atoms with Crippen LogP contribution in [0.3, 0.4) is 0 Å². The van der Waals surface area contributed by atoms with Gasteiger partial charge in [-0.05, 0) is 24.1 Å². The molecule has 1 aromatic carbocycles. The zero-order valence-electron chi connectivity index (χ0n) is 7.83. The SMILES string of the molecule is CCc1ncsc1-c1ccc(Cl)cc1. The fourth-order valence-electron chi connectivity index (χ4n) is 1.36. The number of thiazole rings is 1. The highest BCUT2D eigenvalue weighted by molar-refractivity contribution is 7.13. The molecule has 0 N–H and O–H groups in total. The van der Waals surface area contributed by atoms with Crippen molar-refractivity contribution in [1.82, 2.24) is 4.98 Å². The number of aromatic nitrogens is 1. The van der Waals surface area contributed by atoms with E-state index in [1.54, 1.807) is 11.3 Å².